The number of H-pyrrole nitrogens is 1. The maximum Gasteiger partial charge on any atom is 0.274 e. The molecule has 3 rings (SSSR count). The van der Waals surface area contributed by atoms with Crippen molar-refractivity contribution in [2.75, 3.05) is 24.6 Å². The van der Waals surface area contributed by atoms with Crippen molar-refractivity contribution in [3.8, 4) is 0 Å². The molecule has 0 unspecified atom stereocenters. The molecule has 0 spiro atoms. The molecule has 2 amide bonds. The van der Waals surface area contributed by atoms with Crippen molar-refractivity contribution in [3.05, 3.63) is 28.4 Å². The molecule has 2 aliphatic heterocycles. The highest BCUT2D eigenvalue weighted by atomic mass is 32.2. The zero-order valence-corrected chi connectivity index (χ0v) is 14.8. The molecular weight excluding hydrogens is 348 g/mol. The van der Waals surface area contributed by atoms with E-state index in [0.717, 1.165) is 6.20 Å². The van der Waals surface area contributed by atoms with Gasteiger partial charge in [-0.25, -0.2) is 13.4 Å². The second kappa shape index (κ2) is 6.25. The van der Waals surface area contributed by atoms with E-state index in [0.29, 0.717) is 0 Å². The Morgan fingerprint density at radius 3 is 2.36 bits per heavy atom. The number of nitrogens with zero attached hydrogens (tertiary/aromatic N) is 3. The SMILES string of the molecule is CC(C)C(=O)N1CCN(C(=O)c2c[nH]c(=O)cn2)[C@@H]2CS(=O)(=O)C[C@@H]21. The predicted molar refractivity (Wildman–Crippen MR) is 88.7 cm³/mol. The fourth-order valence-corrected chi connectivity index (χ4v) is 5.40. The summed E-state index contributed by atoms with van der Waals surface area (Å²) in [6.45, 7) is 4.04. The number of piperazine rings is 1. The van der Waals surface area contributed by atoms with Crippen LogP contribution in [0.1, 0.15) is 24.3 Å². The van der Waals surface area contributed by atoms with Crippen molar-refractivity contribution in [3.63, 3.8) is 0 Å². The molecule has 2 atom stereocenters. The quantitative estimate of drug-likeness (QED) is 0.706. The van der Waals surface area contributed by atoms with Crippen LogP contribution in [0.3, 0.4) is 0 Å². The molecule has 1 aromatic rings. The van der Waals surface area contributed by atoms with Crippen LogP contribution in [-0.2, 0) is 14.6 Å². The molecule has 136 valence electrons. The number of rotatable bonds is 2. The van der Waals surface area contributed by atoms with Gasteiger partial charge in [-0.2, -0.15) is 0 Å². The van der Waals surface area contributed by atoms with Crippen LogP contribution in [0.2, 0.25) is 0 Å². The average molecular weight is 368 g/mol. The number of hydrogen-bond donors (Lipinski definition) is 1. The van der Waals surface area contributed by atoms with Gasteiger partial charge >= 0.3 is 0 Å². The molecule has 9 nitrogen and oxygen atoms in total. The molecule has 2 saturated heterocycles. The summed E-state index contributed by atoms with van der Waals surface area (Å²) in [5, 5.41) is 0. The van der Waals surface area contributed by atoms with Gasteiger partial charge in [0.1, 0.15) is 5.69 Å². The second-order valence-electron chi connectivity index (χ2n) is 6.69. The van der Waals surface area contributed by atoms with Gasteiger partial charge in [0.25, 0.3) is 11.5 Å². The summed E-state index contributed by atoms with van der Waals surface area (Å²) in [4.78, 5) is 45.5. The van der Waals surface area contributed by atoms with Gasteiger partial charge in [0.05, 0.1) is 29.8 Å². The predicted octanol–water partition coefficient (Wildman–Crippen LogP) is -1.12. The number of hydrogen-bond acceptors (Lipinski definition) is 6. The van der Waals surface area contributed by atoms with Crippen LogP contribution in [0, 0.1) is 5.92 Å². The third-order valence-corrected chi connectivity index (χ3v) is 6.30. The zero-order chi connectivity index (χ0) is 18.4. The molecular formula is C15H20N4O5S. The minimum atomic E-state index is -3.34. The lowest BCUT2D eigenvalue weighted by molar-refractivity contribution is -0.139. The van der Waals surface area contributed by atoms with Crippen molar-refractivity contribution in [1.82, 2.24) is 19.8 Å². The molecule has 25 heavy (non-hydrogen) atoms. The number of fused-ring (bicyclic) bond motifs is 1. The first-order valence-corrected chi connectivity index (χ1v) is 9.88. The van der Waals surface area contributed by atoms with Gasteiger partial charge < -0.3 is 14.8 Å². The summed E-state index contributed by atoms with van der Waals surface area (Å²) in [7, 11) is -3.34. The van der Waals surface area contributed by atoms with E-state index in [1.807, 2.05) is 0 Å². The number of aromatic amines is 1. The normalized spacial score (nSPS) is 25.1. The van der Waals surface area contributed by atoms with E-state index in [-0.39, 0.29) is 42.1 Å². The monoisotopic (exact) mass is 368 g/mol. The first kappa shape index (κ1) is 17.6. The first-order valence-electron chi connectivity index (χ1n) is 8.06. The van der Waals surface area contributed by atoms with Gasteiger partial charge in [0, 0.05) is 25.2 Å². The molecule has 0 bridgehead atoms. The first-order chi connectivity index (χ1) is 11.7. The van der Waals surface area contributed by atoms with Crippen LogP contribution in [0.5, 0.6) is 0 Å². The van der Waals surface area contributed by atoms with Crippen LogP contribution in [0.25, 0.3) is 0 Å². The molecule has 0 saturated carbocycles. The standard InChI is InChI=1S/C15H20N4O5S/c1-9(2)14(21)18-3-4-19(12-8-25(23,24)7-11(12)18)15(22)10-5-17-13(20)6-16-10/h5-6,9,11-12H,3-4,7-8H2,1-2H3,(H,17,20)/t11-,12+/m0/s1. The fraction of sp³-hybridized carbons (Fsp3) is 0.600. The van der Waals surface area contributed by atoms with Gasteiger partial charge in [-0.05, 0) is 0 Å². The van der Waals surface area contributed by atoms with Gasteiger partial charge in [0.2, 0.25) is 5.91 Å². The van der Waals surface area contributed by atoms with Gasteiger partial charge in [-0.15, -0.1) is 0 Å². The lowest BCUT2D eigenvalue weighted by Crippen LogP contribution is -2.62. The Morgan fingerprint density at radius 2 is 1.80 bits per heavy atom. The van der Waals surface area contributed by atoms with Crippen LogP contribution in [-0.4, -0.2) is 76.7 Å². The highest BCUT2D eigenvalue weighted by molar-refractivity contribution is 7.91. The Hall–Kier alpha value is -2.23. The van der Waals surface area contributed by atoms with Crippen molar-refractivity contribution >= 4 is 21.7 Å². The Balaban J connectivity index is 1.90. The van der Waals surface area contributed by atoms with Crippen LogP contribution in [0.15, 0.2) is 17.2 Å². The van der Waals surface area contributed by atoms with Gasteiger partial charge in [-0.1, -0.05) is 13.8 Å². The second-order valence-corrected chi connectivity index (χ2v) is 8.85. The summed E-state index contributed by atoms with van der Waals surface area (Å²) in [5.41, 5.74) is -0.378. The molecule has 2 aliphatic rings. The summed E-state index contributed by atoms with van der Waals surface area (Å²) < 4.78 is 24.3. The minimum absolute atomic E-state index is 0.0475. The molecule has 0 radical (unpaired) electrons. The topological polar surface area (TPSA) is 121 Å². The Morgan fingerprint density at radius 1 is 1.20 bits per heavy atom. The summed E-state index contributed by atoms with van der Waals surface area (Å²) in [5.74, 6) is -1.11. The molecule has 0 aliphatic carbocycles. The summed E-state index contributed by atoms with van der Waals surface area (Å²) >= 11 is 0. The number of nitrogens with one attached hydrogen (secondary N) is 1. The smallest absolute Gasteiger partial charge is 0.274 e. The third kappa shape index (κ3) is 3.30. The van der Waals surface area contributed by atoms with Crippen molar-refractivity contribution in [2.45, 2.75) is 25.9 Å². The highest BCUT2D eigenvalue weighted by Crippen LogP contribution is 2.28. The third-order valence-electron chi connectivity index (χ3n) is 4.61. The van der Waals surface area contributed by atoms with Crippen LogP contribution < -0.4 is 5.56 Å². The van der Waals surface area contributed by atoms with Crippen molar-refractivity contribution < 1.29 is 18.0 Å². The highest BCUT2D eigenvalue weighted by Gasteiger charge is 2.49. The molecule has 0 aromatic carbocycles. The van der Waals surface area contributed by atoms with E-state index in [2.05, 4.69) is 9.97 Å². The van der Waals surface area contributed by atoms with E-state index in [9.17, 15) is 22.8 Å². The maximum atomic E-state index is 12.7. The number of carbonyl (C=O) groups excluding carboxylic acids is 2. The Kier molecular flexibility index (Phi) is 4.40. The van der Waals surface area contributed by atoms with E-state index >= 15 is 0 Å². The number of carbonyl (C=O) groups is 2. The summed E-state index contributed by atoms with van der Waals surface area (Å²) in [6.07, 6.45) is 2.23. The molecule has 1 aromatic heterocycles. The van der Waals surface area contributed by atoms with Crippen molar-refractivity contribution in [2.24, 2.45) is 5.92 Å². The Labute approximate surface area is 145 Å². The fourth-order valence-electron chi connectivity index (χ4n) is 3.42. The minimum Gasteiger partial charge on any atom is -0.335 e. The molecule has 2 fully saturated rings. The van der Waals surface area contributed by atoms with E-state index in [4.69, 9.17) is 0 Å². The number of sulfone groups is 1. The lowest BCUT2D eigenvalue weighted by atomic mass is 10.0. The maximum absolute atomic E-state index is 12.7. The van der Waals surface area contributed by atoms with Gasteiger partial charge in [-0.3, -0.25) is 14.4 Å². The zero-order valence-electron chi connectivity index (χ0n) is 14.0. The van der Waals surface area contributed by atoms with Gasteiger partial charge in [0.15, 0.2) is 9.84 Å². The molecule has 3 heterocycles. The summed E-state index contributed by atoms with van der Waals surface area (Å²) in [6, 6.07) is -1.14. The number of amides is 2. The van der Waals surface area contributed by atoms with Crippen molar-refractivity contribution in [1.29, 1.82) is 0 Å². The average Bonchev–Trinajstić information content (AvgIpc) is 2.88. The van der Waals surface area contributed by atoms with E-state index in [1.165, 1.54) is 11.1 Å². The van der Waals surface area contributed by atoms with E-state index in [1.54, 1.807) is 18.7 Å². The Bertz CT molecular complexity index is 842. The molecule has 10 heteroatoms. The van der Waals surface area contributed by atoms with Crippen LogP contribution >= 0.6 is 0 Å². The van der Waals surface area contributed by atoms with Crippen LogP contribution in [0.4, 0.5) is 0 Å². The largest absolute Gasteiger partial charge is 0.335 e. The van der Waals surface area contributed by atoms with E-state index < -0.39 is 33.4 Å². The lowest BCUT2D eigenvalue weighted by Gasteiger charge is -2.44. The molecule has 1 N–H and O–H groups in total. The number of aromatic nitrogens is 2.